The largest absolute Gasteiger partial charge is 0.495 e. The lowest BCUT2D eigenvalue weighted by molar-refractivity contribution is -0.197. The normalized spacial score (nSPS) is 24.8. The number of ether oxygens (including phenoxy) is 5. The van der Waals surface area contributed by atoms with Crippen molar-refractivity contribution in [2.24, 2.45) is 17.6 Å². The molecule has 0 aromatic heterocycles. The zero-order valence-electron chi connectivity index (χ0n) is 52.4. The van der Waals surface area contributed by atoms with Crippen molar-refractivity contribution in [1.29, 1.82) is 0 Å². The summed E-state index contributed by atoms with van der Waals surface area (Å²) >= 11 is 13.5. The summed E-state index contributed by atoms with van der Waals surface area (Å²) in [6.45, 7) is 9.45. The number of amides is 9. The van der Waals surface area contributed by atoms with Gasteiger partial charge in [-0.2, -0.15) is 0 Å². The Labute approximate surface area is 535 Å². The molecular weight excluding hydrogens is 1240 g/mol. The molecule has 27 nitrogen and oxygen atoms in total. The average molecular weight is 1320 g/mol. The van der Waals surface area contributed by atoms with E-state index in [4.69, 9.17) is 57.5 Å². The number of alkyl carbamates (subject to hydrolysis) is 1. The number of hydrogen-bond donors (Lipinski definition) is 7. The molecule has 0 unspecified atom stereocenters. The third-order valence-electron chi connectivity index (χ3n) is 16.8. The fourth-order valence-corrected chi connectivity index (χ4v) is 11.4. The van der Waals surface area contributed by atoms with E-state index in [1.54, 1.807) is 58.1 Å². The first-order chi connectivity index (χ1) is 42.8. The summed E-state index contributed by atoms with van der Waals surface area (Å²) in [6.07, 6.45) is -0.157. The quantitative estimate of drug-likeness (QED) is 0.0243. The lowest BCUT2D eigenvalue weighted by Gasteiger charge is -2.42. The highest BCUT2D eigenvalue weighted by Crippen LogP contribution is 2.49. The first-order valence-electron chi connectivity index (χ1n) is 29.6. The van der Waals surface area contributed by atoms with E-state index in [9.17, 15) is 57.8 Å². The number of aliphatic hydroxyl groups is 1. The number of methoxy groups -OCH3 is 2. The Hall–Kier alpha value is -7.76. The number of carbonyl (C=O) groups is 11. The van der Waals surface area contributed by atoms with Crippen LogP contribution in [0.4, 0.5) is 25.4 Å². The first kappa shape index (κ1) is 72.3. The van der Waals surface area contributed by atoms with Crippen LogP contribution in [0.1, 0.15) is 122 Å². The molecule has 4 aliphatic heterocycles. The molecule has 0 spiro atoms. The lowest BCUT2D eigenvalue weighted by atomic mass is 9.83. The number of esters is 1. The maximum absolute atomic E-state index is 16.3. The molecule has 4 bridgehead atoms. The Bertz CT molecular complexity index is 3190. The topological polar surface area (TPSA) is 363 Å². The van der Waals surface area contributed by atoms with Gasteiger partial charge in [-0.25, -0.2) is 23.6 Å². The van der Waals surface area contributed by atoms with Gasteiger partial charge >= 0.3 is 24.1 Å². The van der Waals surface area contributed by atoms with Crippen molar-refractivity contribution in [1.82, 2.24) is 31.2 Å². The molecule has 30 heteroatoms. The van der Waals surface area contributed by atoms with Crippen LogP contribution in [0.25, 0.3) is 0 Å². The second-order valence-electron chi connectivity index (χ2n) is 23.6. The third kappa shape index (κ3) is 17.8. The summed E-state index contributed by atoms with van der Waals surface area (Å²) in [5.74, 6) is -8.32. The average Bonchev–Trinajstić information content (AvgIpc) is 1.58. The number of nitrogens with one attached hydrogen (secondary N) is 5. The van der Waals surface area contributed by atoms with Gasteiger partial charge in [0.25, 0.3) is 17.7 Å². The third-order valence-corrected chi connectivity index (χ3v) is 17.5. The van der Waals surface area contributed by atoms with E-state index in [0.717, 1.165) is 22.6 Å². The molecule has 6 rings (SSSR count). The molecule has 2 aromatic rings. The van der Waals surface area contributed by atoms with Crippen molar-refractivity contribution in [2.45, 2.75) is 166 Å². The van der Waals surface area contributed by atoms with Gasteiger partial charge in [-0.15, -0.1) is 5.06 Å². The molecule has 91 heavy (non-hydrogen) atoms. The molecule has 3 fully saturated rings. The maximum Gasteiger partial charge on any atom is 0.409 e. The Morgan fingerprint density at radius 3 is 2.33 bits per heavy atom. The molecule has 3 saturated heterocycles. The van der Waals surface area contributed by atoms with E-state index in [0.29, 0.717) is 23.3 Å². The van der Waals surface area contributed by atoms with Crippen LogP contribution in [0.3, 0.4) is 0 Å². The molecule has 9 amide bonds. The van der Waals surface area contributed by atoms with Gasteiger partial charge in [0.2, 0.25) is 17.7 Å². The number of fused-ring (bicyclic) bond motifs is 5. The van der Waals surface area contributed by atoms with Gasteiger partial charge in [0.05, 0.1) is 47.6 Å². The summed E-state index contributed by atoms with van der Waals surface area (Å²) in [5.41, 5.74) is 1.10. The van der Waals surface area contributed by atoms with E-state index in [1.165, 1.54) is 40.1 Å². The Morgan fingerprint density at radius 2 is 1.69 bits per heavy atom. The van der Waals surface area contributed by atoms with Gasteiger partial charge in [-0.05, 0) is 88.6 Å². The molecule has 8 N–H and O–H groups in total. The summed E-state index contributed by atoms with van der Waals surface area (Å²) < 4.78 is 45.7. The number of nitrogens with two attached hydrogens (primary N) is 1. The minimum absolute atomic E-state index is 0.00786. The van der Waals surface area contributed by atoms with Crippen molar-refractivity contribution in [2.75, 3.05) is 51.6 Å². The summed E-state index contributed by atoms with van der Waals surface area (Å²) in [5, 5.41) is 25.1. The number of likely N-dealkylation sites (N-methyl/N-ethyl adjacent to an activating group) is 1. The Kier molecular flexibility index (Phi) is 24.7. The molecule has 4 aliphatic rings. The van der Waals surface area contributed by atoms with Crippen LogP contribution >= 0.6 is 23.2 Å². The lowest BCUT2D eigenvalue weighted by Crippen LogP contribution is -2.63. The van der Waals surface area contributed by atoms with Crippen LogP contribution < -0.4 is 42.0 Å². The maximum atomic E-state index is 16.3. The molecule has 0 radical (unpaired) electrons. The smallest absolute Gasteiger partial charge is 0.409 e. The van der Waals surface area contributed by atoms with Crippen LogP contribution in [0, 0.1) is 17.7 Å². The van der Waals surface area contributed by atoms with Crippen molar-refractivity contribution in [3.63, 3.8) is 0 Å². The fourth-order valence-electron chi connectivity index (χ4n) is 10.8. The molecule has 0 saturated carbocycles. The number of aldehydes is 1. The summed E-state index contributed by atoms with van der Waals surface area (Å²) in [6, 6.07) is 1.62. The predicted octanol–water partition coefficient (Wildman–Crippen LogP) is 4.84. The van der Waals surface area contributed by atoms with Crippen molar-refractivity contribution in [3.8, 4) is 5.75 Å². The van der Waals surface area contributed by atoms with Crippen molar-refractivity contribution in [3.05, 3.63) is 75.1 Å². The number of hydroxylamine groups is 2. The van der Waals surface area contributed by atoms with Crippen molar-refractivity contribution >= 4 is 100 Å². The van der Waals surface area contributed by atoms with Crippen LogP contribution in [0.15, 0.2) is 48.1 Å². The van der Waals surface area contributed by atoms with E-state index in [2.05, 4.69) is 26.6 Å². The second kappa shape index (κ2) is 31.0. The number of imide groups is 1. The Balaban J connectivity index is 1.18. The van der Waals surface area contributed by atoms with Gasteiger partial charge in [-0.3, -0.25) is 34.1 Å². The highest BCUT2D eigenvalue weighted by Gasteiger charge is 2.64. The molecule has 10 atom stereocenters. The zero-order chi connectivity index (χ0) is 67.4. The number of carbonyl (C=O) groups excluding carboxylic acids is 11. The summed E-state index contributed by atoms with van der Waals surface area (Å²) in [7, 11) is 5.51. The number of rotatable bonds is 24. The number of anilines is 2. The Morgan fingerprint density at radius 1 is 1.01 bits per heavy atom. The number of urea groups is 1. The second-order valence-corrected chi connectivity index (χ2v) is 24.4. The number of allylic oxidation sites excluding steroid dienone is 3. The van der Waals surface area contributed by atoms with E-state index < -0.39 is 148 Å². The van der Waals surface area contributed by atoms with Gasteiger partial charge < -0.3 is 75.2 Å². The summed E-state index contributed by atoms with van der Waals surface area (Å²) in [4.78, 5) is 151. The minimum atomic E-state index is -1.96. The minimum Gasteiger partial charge on any atom is -0.495 e. The first-order valence-corrected chi connectivity index (χ1v) is 30.3. The number of hydrogen-bond acceptors (Lipinski definition) is 19. The monoisotopic (exact) mass is 1320 g/mol. The zero-order valence-corrected chi connectivity index (χ0v) is 53.9. The van der Waals surface area contributed by atoms with E-state index >= 15 is 4.39 Å². The number of unbranched alkanes of at least 4 members (excludes halogenated alkanes) is 1. The van der Waals surface area contributed by atoms with Crippen LogP contribution in [-0.4, -0.2) is 176 Å². The van der Waals surface area contributed by atoms with Crippen LogP contribution in [0.2, 0.25) is 10.0 Å². The van der Waals surface area contributed by atoms with E-state index in [-0.39, 0.29) is 92.4 Å². The SMILES string of the molecule is COc1cc2cc(c1Cl)N(C)C(=O)C[C@H](OC(=O)[C@H](C)N(C)C(=O)c1cc(F)c(NC(=O)[C@H](CCCNC(N)=O)NC[C@](C=O)(NC(=O)CCCCC(=O)ON3C(=O)CCC3=O)C(C)C)cc1Cl)[C@]1(C)O[C@H]1[C@H](C)[C@@H]1C[C@@](O)(NC(=O)O1)[C@H](OC)/C=C/C=C(\C)C2. The fraction of sp³-hybridized carbons (Fsp3) is 0.557. The number of halogens is 3. The van der Waals surface area contributed by atoms with Gasteiger partial charge in [0.15, 0.2) is 5.72 Å². The van der Waals surface area contributed by atoms with Gasteiger partial charge in [0.1, 0.15) is 58.4 Å². The molecular formula is C61H80Cl2FN9O18. The highest BCUT2D eigenvalue weighted by atomic mass is 35.5. The molecule has 4 heterocycles. The van der Waals surface area contributed by atoms with Crippen LogP contribution in [0.5, 0.6) is 5.75 Å². The molecule has 0 aliphatic carbocycles. The van der Waals surface area contributed by atoms with Gasteiger partial charge in [0, 0.05) is 72.3 Å². The van der Waals surface area contributed by atoms with Gasteiger partial charge in [-0.1, -0.05) is 67.8 Å². The number of primary amides is 1. The standard InChI is InChI=1S/C61H80Cl2FN9O18/c1-32(2)60(31-74,69-47(75)18-11-12-19-51(79)91-73-48(76)20-21-49(73)77)30-67-40(16-14-22-66-57(65)83)54(80)68-41-27-38(62)37(26-39(41)64)55(81)71(7)35(5)56(82)89-46-28-50(78)72(8)42-24-36(25-43(86-9)52(42)63)23-33(3)15-13-17-45(87-10)61(85)29-44(88-58(84)70-61)34(4)53-59(46,6)90-53/h13,15,17,24-27,31-32,34-35,40,44-46,53,67,85H,11-12,14,16,18-23,28-30H2,1-10H3,(H,68,80)(H,69,75)(H,70,84)(H3,65,66,83)/b17-13+,33-15+/t34-,35+,40+,44+,45-,46+,53+,59+,60-,61+/m1/s1. The number of epoxide rings is 1. The number of benzene rings is 2. The van der Waals surface area contributed by atoms with E-state index in [1.807, 2.05) is 6.92 Å². The highest BCUT2D eigenvalue weighted by molar-refractivity contribution is 6.35. The van der Waals surface area contributed by atoms with Crippen LogP contribution in [-0.2, 0) is 68.6 Å². The molecule has 2 aromatic carbocycles. The molecule has 498 valence electrons. The van der Waals surface area contributed by atoms with Crippen molar-refractivity contribution < 1.29 is 90.8 Å². The predicted molar refractivity (Wildman–Crippen MR) is 326 cm³/mol. The number of nitrogens with zero attached hydrogens (tertiary/aromatic N) is 3.